The fraction of sp³-hybridized carbons (Fsp3) is 0.300. The molecule has 1 aliphatic rings. The summed E-state index contributed by atoms with van der Waals surface area (Å²) in [6, 6.07) is 8.01. The highest BCUT2D eigenvalue weighted by Gasteiger charge is 2.31. The highest BCUT2D eigenvalue weighted by Crippen LogP contribution is 2.25. The number of rotatable bonds is 4. The number of nitrogens with zero attached hydrogens (tertiary/aromatic N) is 1. The maximum absolute atomic E-state index is 13.8. The van der Waals surface area contributed by atoms with E-state index in [0.717, 1.165) is 5.56 Å². The van der Waals surface area contributed by atoms with Crippen LogP contribution >= 0.6 is 0 Å². The van der Waals surface area contributed by atoms with Crippen molar-refractivity contribution in [1.82, 2.24) is 4.90 Å². The van der Waals surface area contributed by atoms with E-state index in [1.54, 1.807) is 29.2 Å². The van der Waals surface area contributed by atoms with Crippen molar-refractivity contribution >= 4 is 17.4 Å². The number of nitrogens with two attached hydrogens (primary N) is 1. The van der Waals surface area contributed by atoms with Crippen LogP contribution in [0.2, 0.25) is 0 Å². The SMILES string of the molecule is Nc1ccc(CC(=O)N2CCC(C(=O)c3c(F)cc(F)cc3F)CC2)cc1. The van der Waals surface area contributed by atoms with Gasteiger partial charge in [-0.25, -0.2) is 13.2 Å². The molecular formula is C20H19F3N2O2. The molecule has 1 amide bonds. The average Bonchev–Trinajstić information content (AvgIpc) is 2.63. The largest absolute Gasteiger partial charge is 0.399 e. The molecule has 0 bridgehead atoms. The van der Waals surface area contributed by atoms with Gasteiger partial charge in [0.15, 0.2) is 5.78 Å². The molecule has 27 heavy (non-hydrogen) atoms. The molecule has 2 aromatic carbocycles. The number of hydrogen-bond donors (Lipinski definition) is 1. The number of likely N-dealkylation sites (tertiary alicyclic amines) is 1. The molecule has 1 saturated heterocycles. The van der Waals surface area contributed by atoms with E-state index in [0.29, 0.717) is 43.8 Å². The number of benzene rings is 2. The highest BCUT2D eigenvalue weighted by molar-refractivity contribution is 5.98. The lowest BCUT2D eigenvalue weighted by atomic mass is 9.88. The summed E-state index contributed by atoms with van der Waals surface area (Å²) in [6.07, 6.45) is 0.839. The molecule has 0 aromatic heterocycles. The molecule has 1 aliphatic heterocycles. The first-order chi connectivity index (χ1) is 12.8. The van der Waals surface area contributed by atoms with Crippen molar-refractivity contribution in [3.63, 3.8) is 0 Å². The Morgan fingerprint density at radius 2 is 1.56 bits per heavy atom. The van der Waals surface area contributed by atoms with Crippen LogP contribution < -0.4 is 5.73 Å². The Kier molecular flexibility index (Phi) is 5.48. The van der Waals surface area contributed by atoms with Crippen LogP contribution in [0, 0.1) is 23.4 Å². The molecule has 0 atom stereocenters. The Morgan fingerprint density at radius 3 is 2.11 bits per heavy atom. The predicted molar refractivity (Wildman–Crippen MR) is 94.5 cm³/mol. The summed E-state index contributed by atoms with van der Waals surface area (Å²) in [6.45, 7) is 0.656. The van der Waals surface area contributed by atoms with Gasteiger partial charge in [0, 0.05) is 36.8 Å². The van der Waals surface area contributed by atoms with Gasteiger partial charge < -0.3 is 10.6 Å². The molecule has 2 N–H and O–H groups in total. The summed E-state index contributed by atoms with van der Waals surface area (Å²) in [5.41, 5.74) is 6.37. The van der Waals surface area contributed by atoms with Crippen LogP contribution in [-0.4, -0.2) is 29.7 Å². The van der Waals surface area contributed by atoms with Crippen molar-refractivity contribution in [2.24, 2.45) is 5.92 Å². The van der Waals surface area contributed by atoms with Crippen molar-refractivity contribution in [2.45, 2.75) is 19.3 Å². The highest BCUT2D eigenvalue weighted by atomic mass is 19.1. The number of nitrogen functional groups attached to an aromatic ring is 1. The molecule has 7 heteroatoms. The lowest BCUT2D eigenvalue weighted by molar-refractivity contribution is -0.131. The number of Topliss-reactive ketones (excluding diaryl/α,β-unsaturated/α-hetero) is 1. The summed E-state index contributed by atoms with van der Waals surface area (Å²) in [4.78, 5) is 26.5. The van der Waals surface area contributed by atoms with Crippen LogP contribution in [0.1, 0.15) is 28.8 Å². The Labute approximate surface area is 154 Å². The number of piperidine rings is 1. The maximum Gasteiger partial charge on any atom is 0.226 e. The third-order valence-corrected chi connectivity index (χ3v) is 4.81. The van der Waals surface area contributed by atoms with Gasteiger partial charge in [-0.15, -0.1) is 0 Å². The average molecular weight is 376 g/mol. The topological polar surface area (TPSA) is 63.4 Å². The molecular weight excluding hydrogens is 357 g/mol. The van der Waals surface area contributed by atoms with Crippen LogP contribution in [0.5, 0.6) is 0 Å². The fourth-order valence-corrected chi connectivity index (χ4v) is 3.29. The number of ketones is 1. The minimum Gasteiger partial charge on any atom is -0.399 e. The molecule has 0 unspecified atom stereocenters. The van der Waals surface area contributed by atoms with Gasteiger partial charge in [-0.2, -0.15) is 0 Å². The van der Waals surface area contributed by atoms with Gasteiger partial charge in [0.05, 0.1) is 12.0 Å². The van der Waals surface area contributed by atoms with E-state index in [2.05, 4.69) is 0 Å². The Morgan fingerprint density at radius 1 is 1.00 bits per heavy atom. The van der Waals surface area contributed by atoms with Crippen LogP contribution in [-0.2, 0) is 11.2 Å². The van der Waals surface area contributed by atoms with Gasteiger partial charge in [0.2, 0.25) is 5.91 Å². The smallest absolute Gasteiger partial charge is 0.226 e. The van der Waals surface area contributed by atoms with Crippen molar-refractivity contribution in [3.8, 4) is 0 Å². The number of amides is 1. The summed E-state index contributed by atoms with van der Waals surface area (Å²) in [5, 5.41) is 0. The number of halogens is 3. The van der Waals surface area contributed by atoms with E-state index >= 15 is 0 Å². The number of carbonyl (C=O) groups is 2. The van der Waals surface area contributed by atoms with E-state index < -0.39 is 34.7 Å². The van der Waals surface area contributed by atoms with Crippen molar-refractivity contribution in [3.05, 3.63) is 65.0 Å². The first-order valence-electron chi connectivity index (χ1n) is 8.66. The van der Waals surface area contributed by atoms with Gasteiger partial charge in [0.1, 0.15) is 17.5 Å². The monoisotopic (exact) mass is 376 g/mol. The maximum atomic E-state index is 13.8. The van der Waals surface area contributed by atoms with Gasteiger partial charge in [-0.3, -0.25) is 9.59 Å². The second-order valence-electron chi connectivity index (χ2n) is 6.68. The van der Waals surface area contributed by atoms with Crippen LogP contribution in [0.3, 0.4) is 0 Å². The lowest BCUT2D eigenvalue weighted by Crippen LogP contribution is -2.41. The summed E-state index contributed by atoms with van der Waals surface area (Å²) >= 11 is 0. The Balaban J connectivity index is 1.61. The molecule has 0 radical (unpaired) electrons. The van der Waals surface area contributed by atoms with Crippen LogP contribution in [0.25, 0.3) is 0 Å². The van der Waals surface area contributed by atoms with Crippen molar-refractivity contribution in [2.75, 3.05) is 18.8 Å². The molecule has 1 fully saturated rings. The third-order valence-electron chi connectivity index (χ3n) is 4.81. The minimum absolute atomic E-state index is 0.0789. The van der Waals surface area contributed by atoms with Gasteiger partial charge in [-0.05, 0) is 30.5 Å². The van der Waals surface area contributed by atoms with Crippen molar-refractivity contribution < 1.29 is 22.8 Å². The van der Waals surface area contributed by atoms with Gasteiger partial charge in [-0.1, -0.05) is 12.1 Å². The number of anilines is 1. The van der Waals surface area contributed by atoms with E-state index in [-0.39, 0.29) is 12.3 Å². The quantitative estimate of drug-likeness (QED) is 0.658. The first-order valence-corrected chi connectivity index (χ1v) is 8.66. The number of hydrogen-bond acceptors (Lipinski definition) is 3. The molecule has 0 saturated carbocycles. The summed E-state index contributed by atoms with van der Waals surface area (Å²) in [5.74, 6) is -4.82. The normalized spacial score (nSPS) is 15.0. The molecule has 1 heterocycles. The summed E-state index contributed by atoms with van der Waals surface area (Å²) in [7, 11) is 0. The minimum atomic E-state index is -1.20. The molecule has 0 spiro atoms. The molecule has 2 aromatic rings. The standard InChI is InChI=1S/C20H19F3N2O2/c21-14-10-16(22)19(17(23)11-14)20(27)13-5-7-25(8-6-13)18(26)9-12-1-3-15(24)4-2-12/h1-4,10-11,13H,5-9,24H2. The molecule has 0 aliphatic carbocycles. The number of carbonyl (C=O) groups excluding carboxylic acids is 2. The summed E-state index contributed by atoms with van der Waals surface area (Å²) < 4.78 is 40.6. The zero-order chi connectivity index (χ0) is 19.6. The zero-order valence-electron chi connectivity index (χ0n) is 14.6. The van der Waals surface area contributed by atoms with Crippen LogP contribution in [0.4, 0.5) is 18.9 Å². The first kappa shape index (κ1) is 18.9. The predicted octanol–water partition coefficient (Wildman–Crippen LogP) is 3.35. The van der Waals surface area contributed by atoms with Crippen molar-refractivity contribution in [1.29, 1.82) is 0 Å². The zero-order valence-corrected chi connectivity index (χ0v) is 14.6. The van der Waals surface area contributed by atoms with E-state index in [1.807, 2.05) is 0 Å². The van der Waals surface area contributed by atoms with Gasteiger partial charge in [0.25, 0.3) is 0 Å². The van der Waals surface area contributed by atoms with E-state index in [9.17, 15) is 22.8 Å². The Bertz CT molecular complexity index is 837. The Hall–Kier alpha value is -2.83. The second-order valence-corrected chi connectivity index (χ2v) is 6.68. The lowest BCUT2D eigenvalue weighted by Gasteiger charge is -2.31. The second kappa shape index (κ2) is 7.82. The van der Waals surface area contributed by atoms with Gasteiger partial charge >= 0.3 is 0 Å². The molecule has 4 nitrogen and oxygen atoms in total. The molecule has 142 valence electrons. The van der Waals surface area contributed by atoms with Crippen LogP contribution in [0.15, 0.2) is 36.4 Å². The third kappa shape index (κ3) is 4.30. The van der Waals surface area contributed by atoms with E-state index in [1.165, 1.54) is 0 Å². The fourth-order valence-electron chi connectivity index (χ4n) is 3.29. The molecule has 3 rings (SSSR count). The van der Waals surface area contributed by atoms with E-state index in [4.69, 9.17) is 5.73 Å².